The quantitative estimate of drug-likeness (QED) is 0.227. The van der Waals surface area contributed by atoms with Crippen molar-refractivity contribution in [3.63, 3.8) is 0 Å². The monoisotopic (exact) mass is 452 g/mol. The lowest BCUT2D eigenvalue weighted by molar-refractivity contribution is -0.125. The van der Waals surface area contributed by atoms with Crippen LogP contribution in [0.15, 0.2) is 42.2 Å². The van der Waals surface area contributed by atoms with Crippen LogP contribution in [0.3, 0.4) is 0 Å². The van der Waals surface area contributed by atoms with E-state index in [0.29, 0.717) is 30.4 Å². The molecular weight excluding hydrogens is 424 g/mol. The van der Waals surface area contributed by atoms with Crippen LogP contribution in [-0.4, -0.2) is 72.2 Å². The summed E-state index contributed by atoms with van der Waals surface area (Å²) in [5.41, 5.74) is 2.16. The molecule has 2 heterocycles. The van der Waals surface area contributed by atoms with E-state index in [4.69, 9.17) is 10.1 Å². The molecule has 4 N–H and O–H groups in total. The molecule has 1 aliphatic carbocycles. The second kappa shape index (κ2) is 11.1. The summed E-state index contributed by atoms with van der Waals surface area (Å²) in [6.45, 7) is 0.677. The Labute approximate surface area is 192 Å². The van der Waals surface area contributed by atoms with Crippen molar-refractivity contribution in [3.05, 3.63) is 53.6 Å². The molecule has 33 heavy (non-hydrogen) atoms. The first kappa shape index (κ1) is 23.8. The Kier molecular flexibility index (Phi) is 8.03. The van der Waals surface area contributed by atoms with Crippen molar-refractivity contribution in [2.45, 2.75) is 18.8 Å². The van der Waals surface area contributed by atoms with Crippen molar-refractivity contribution in [2.24, 2.45) is 0 Å². The van der Waals surface area contributed by atoms with Crippen LogP contribution in [-0.2, 0) is 9.53 Å². The number of anilines is 2. The molecule has 2 aromatic heterocycles. The van der Waals surface area contributed by atoms with Crippen molar-refractivity contribution in [3.8, 4) is 0 Å². The van der Waals surface area contributed by atoms with Crippen LogP contribution in [0.5, 0.6) is 0 Å². The zero-order valence-corrected chi connectivity index (χ0v) is 18.9. The fraction of sp³-hybridized carbons (Fsp3) is 0.364. The average molecular weight is 453 g/mol. The van der Waals surface area contributed by atoms with Crippen LogP contribution < -0.4 is 16.0 Å². The van der Waals surface area contributed by atoms with Crippen molar-refractivity contribution in [2.75, 3.05) is 39.7 Å². The summed E-state index contributed by atoms with van der Waals surface area (Å²) in [4.78, 5) is 39.9. The largest absolute Gasteiger partial charge is 0.383 e. The molecule has 0 radical (unpaired) electrons. The lowest BCUT2D eigenvalue weighted by Gasteiger charge is -2.19. The highest BCUT2D eigenvalue weighted by Gasteiger charge is 2.27. The third-order valence-corrected chi connectivity index (χ3v) is 4.86. The van der Waals surface area contributed by atoms with E-state index in [1.807, 2.05) is 6.07 Å². The molecular formula is C22H28N8O3. The molecule has 2 aromatic rings. The van der Waals surface area contributed by atoms with E-state index >= 15 is 0 Å². The lowest BCUT2D eigenvalue weighted by atomic mass is 10.2. The number of rotatable bonds is 11. The molecule has 11 nitrogen and oxygen atoms in total. The Morgan fingerprint density at radius 3 is 2.58 bits per heavy atom. The van der Waals surface area contributed by atoms with Crippen LogP contribution in [0.2, 0.25) is 0 Å². The van der Waals surface area contributed by atoms with E-state index in [-0.39, 0.29) is 23.0 Å². The molecule has 11 heteroatoms. The van der Waals surface area contributed by atoms with Gasteiger partial charge in [-0.15, -0.1) is 0 Å². The first-order valence-corrected chi connectivity index (χ1v) is 10.5. The predicted molar refractivity (Wildman–Crippen MR) is 123 cm³/mol. The second-order valence-corrected chi connectivity index (χ2v) is 7.67. The van der Waals surface area contributed by atoms with Gasteiger partial charge in [0, 0.05) is 45.6 Å². The molecule has 3 rings (SSSR count). The smallest absolute Gasteiger partial charge is 0.276 e. The molecule has 0 spiro atoms. The Balaban J connectivity index is 1.93. The van der Waals surface area contributed by atoms with E-state index in [1.165, 1.54) is 11.2 Å². The van der Waals surface area contributed by atoms with Crippen LogP contribution >= 0.6 is 0 Å². The molecule has 0 saturated heterocycles. The summed E-state index contributed by atoms with van der Waals surface area (Å²) < 4.78 is 5.03. The van der Waals surface area contributed by atoms with Gasteiger partial charge in [0.25, 0.3) is 11.8 Å². The predicted octanol–water partition coefficient (Wildman–Crippen LogP) is 1.41. The molecule has 0 unspecified atom stereocenters. The van der Waals surface area contributed by atoms with Gasteiger partial charge in [0.05, 0.1) is 36.1 Å². The van der Waals surface area contributed by atoms with Crippen LogP contribution in [0, 0.1) is 5.41 Å². The number of methoxy groups -OCH3 is 1. The maximum atomic E-state index is 13.3. The molecule has 2 amide bonds. The highest BCUT2D eigenvalue weighted by atomic mass is 16.5. The minimum Gasteiger partial charge on any atom is -0.383 e. The Morgan fingerprint density at radius 2 is 1.97 bits per heavy atom. The Hall–Kier alpha value is -3.86. The zero-order chi connectivity index (χ0) is 23.8. The number of pyridine rings is 1. The fourth-order valence-electron chi connectivity index (χ4n) is 3.01. The number of allylic oxidation sites excluding steroid dienone is 1. The number of amides is 2. The highest BCUT2D eigenvalue weighted by Crippen LogP contribution is 2.39. The van der Waals surface area contributed by atoms with Crippen molar-refractivity contribution >= 4 is 29.4 Å². The summed E-state index contributed by atoms with van der Waals surface area (Å²) in [5, 5.41) is 16.6. The average Bonchev–Trinajstić information content (AvgIpc) is 3.66. The summed E-state index contributed by atoms with van der Waals surface area (Å²) in [7, 11) is 4.73. The van der Waals surface area contributed by atoms with Crippen LogP contribution in [0.25, 0.3) is 0 Å². The van der Waals surface area contributed by atoms with E-state index in [2.05, 4.69) is 30.9 Å². The van der Waals surface area contributed by atoms with Crippen molar-refractivity contribution < 1.29 is 14.3 Å². The standard InChI is InChI=1S/C22H28N8O3/c1-30(2)22(32)20(26-8-9-33-3)18(10-23)29-21(31)19-17(27-15-11-24-13-25-12-15)7-6-16(28-19)14-4-5-14/h6-7,10-14,23,26-27H,4-5,8-9H2,1-3H3,(H,29,31)/b20-18+,23-10?. The Morgan fingerprint density at radius 1 is 1.24 bits per heavy atom. The van der Waals surface area contributed by atoms with Gasteiger partial charge in [0.2, 0.25) is 0 Å². The first-order chi connectivity index (χ1) is 15.9. The molecule has 0 aromatic carbocycles. The number of aromatic nitrogens is 3. The normalized spacial score (nSPS) is 13.5. The minimum absolute atomic E-state index is 0.0300. The molecule has 1 saturated carbocycles. The number of nitrogens with one attached hydrogen (secondary N) is 4. The summed E-state index contributed by atoms with van der Waals surface area (Å²) in [6, 6.07) is 3.68. The summed E-state index contributed by atoms with van der Waals surface area (Å²) in [6.07, 6.45) is 7.57. The lowest BCUT2D eigenvalue weighted by Crippen LogP contribution is -2.38. The SMILES string of the molecule is COCCN/C(C(=O)N(C)C)=C(\C=N)NC(=O)c1nc(C2CC2)ccc1Nc1cncnc1. The van der Waals surface area contributed by atoms with E-state index in [9.17, 15) is 9.59 Å². The molecule has 1 aliphatic rings. The van der Waals surface area contributed by atoms with Gasteiger partial charge >= 0.3 is 0 Å². The van der Waals surface area contributed by atoms with E-state index in [1.54, 1.807) is 39.7 Å². The molecule has 174 valence electrons. The van der Waals surface area contributed by atoms with E-state index in [0.717, 1.165) is 24.8 Å². The van der Waals surface area contributed by atoms with Gasteiger partial charge in [-0.2, -0.15) is 0 Å². The van der Waals surface area contributed by atoms with Gasteiger partial charge in [-0.25, -0.2) is 15.0 Å². The molecule has 0 bridgehead atoms. The molecule has 0 aliphatic heterocycles. The molecule has 0 atom stereocenters. The third kappa shape index (κ3) is 6.32. The fourth-order valence-corrected chi connectivity index (χ4v) is 3.01. The van der Waals surface area contributed by atoms with Gasteiger partial charge < -0.3 is 31.0 Å². The number of ether oxygens (including phenoxy) is 1. The number of hydrogen-bond donors (Lipinski definition) is 4. The van der Waals surface area contributed by atoms with Gasteiger partial charge in [0.1, 0.15) is 12.0 Å². The maximum Gasteiger partial charge on any atom is 0.276 e. The third-order valence-electron chi connectivity index (χ3n) is 4.86. The van der Waals surface area contributed by atoms with E-state index < -0.39 is 5.91 Å². The van der Waals surface area contributed by atoms with Gasteiger partial charge in [-0.05, 0) is 25.0 Å². The van der Waals surface area contributed by atoms with Crippen LogP contribution in [0.1, 0.15) is 34.9 Å². The Bertz CT molecular complexity index is 1040. The second-order valence-electron chi connectivity index (χ2n) is 7.67. The number of likely N-dealkylation sites (N-methyl/N-ethyl adjacent to an activating group) is 1. The van der Waals surface area contributed by atoms with Gasteiger partial charge in [-0.1, -0.05) is 0 Å². The number of hydrogen-bond acceptors (Lipinski definition) is 9. The zero-order valence-electron chi connectivity index (χ0n) is 18.9. The minimum atomic E-state index is -0.548. The molecule has 1 fully saturated rings. The maximum absolute atomic E-state index is 13.3. The summed E-state index contributed by atoms with van der Waals surface area (Å²) in [5.74, 6) is -0.595. The van der Waals surface area contributed by atoms with Crippen LogP contribution in [0.4, 0.5) is 11.4 Å². The van der Waals surface area contributed by atoms with Gasteiger partial charge in [0.15, 0.2) is 5.69 Å². The van der Waals surface area contributed by atoms with Crippen molar-refractivity contribution in [1.82, 2.24) is 30.5 Å². The highest BCUT2D eigenvalue weighted by molar-refractivity contribution is 6.05. The number of carbonyl (C=O) groups excluding carboxylic acids is 2. The first-order valence-electron chi connectivity index (χ1n) is 10.5. The summed E-state index contributed by atoms with van der Waals surface area (Å²) >= 11 is 0. The van der Waals surface area contributed by atoms with Gasteiger partial charge in [-0.3, -0.25) is 9.59 Å². The number of nitrogens with zero attached hydrogens (tertiary/aromatic N) is 4. The van der Waals surface area contributed by atoms with Crippen molar-refractivity contribution in [1.29, 1.82) is 5.41 Å². The topological polar surface area (TPSA) is 145 Å². The number of carbonyl (C=O) groups is 2.